The first kappa shape index (κ1) is 23.8. The lowest BCUT2D eigenvalue weighted by Crippen LogP contribution is -2.50. The van der Waals surface area contributed by atoms with Crippen LogP contribution in [0, 0.1) is 23.2 Å². The number of methoxy groups -OCH3 is 4. The lowest BCUT2D eigenvalue weighted by atomic mass is 9.49. The third-order valence-electron chi connectivity index (χ3n) is 8.50. The second-order valence-electron chi connectivity index (χ2n) is 10.8. The normalized spacial score (nSPS) is 29.4. The van der Waals surface area contributed by atoms with Crippen molar-refractivity contribution in [3.05, 3.63) is 47.3 Å². The summed E-state index contributed by atoms with van der Waals surface area (Å²) in [6.07, 6.45) is 11.5. The Kier molecular flexibility index (Phi) is 6.28. The van der Waals surface area contributed by atoms with Gasteiger partial charge in [0, 0.05) is 24.5 Å². The predicted molar refractivity (Wildman–Crippen MR) is 130 cm³/mol. The van der Waals surface area contributed by atoms with Gasteiger partial charge in [0.05, 0.1) is 45.5 Å². The lowest BCUT2D eigenvalue weighted by molar-refractivity contribution is -0.137. The topological polar surface area (TPSA) is 74.3 Å². The van der Waals surface area contributed by atoms with E-state index in [1.165, 1.54) is 52.7 Å². The van der Waals surface area contributed by atoms with Crippen LogP contribution in [0.1, 0.15) is 50.0 Å². The minimum Gasteiger partial charge on any atom is -0.493 e. The van der Waals surface area contributed by atoms with Crippen LogP contribution >= 0.6 is 0 Å². The molecule has 1 heterocycles. The van der Waals surface area contributed by atoms with E-state index in [2.05, 4.69) is 0 Å². The summed E-state index contributed by atoms with van der Waals surface area (Å²) in [6, 6.07) is 5.45. The molecule has 0 aromatic heterocycles. The molecule has 7 heteroatoms. The maximum absolute atomic E-state index is 13.1. The largest absolute Gasteiger partial charge is 0.493 e. The zero-order valence-corrected chi connectivity index (χ0v) is 21.0. The SMILES string of the molecule is COC(=O)C1=CN(CC23CC4CC(CC(C4)C2)C3)C=C(C(=O)OC)C1c1cccc(OC)c1OC. The number of ether oxygens (including phenoxy) is 4. The number of benzene rings is 1. The molecule has 4 bridgehead atoms. The number of rotatable bonds is 7. The summed E-state index contributed by atoms with van der Waals surface area (Å²) in [6.45, 7) is 0.791. The zero-order valence-electron chi connectivity index (χ0n) is 21.0. The molecule has 188 valence electrons. The second-order valence-corrected chi connectivity index (χ2v) is 10.8. The fraction of sp³-hybridized carbons (Fsp3) is 0.571. The van der Waals surface area contributed by atoms with Gasteiger partial charge in [0.1, 0.15) is 0 Å². The molecule has 0 unspecified atom stereocenters. The van der Waals surface area contributed by atoms with Crippen LogP contribution in [0.5, 0.6) is 11.5 Å². The first-order chi connectivity index (χ1) is 16.9. The molecule has 4 aliphatic carbocycles. The van der Waals surface area contributed by atoms with Gasteiger partial charge in [-0.2, -0.15) is 0 Å². The molecule has 4 fully saturated rings. The molecule has 35 heavy (non-hydrogen) atoms. The van der Waals surface area contributed by atoms with Gasteiger partial charge < -0.3 is 23.8 Å². The van der Waals surface area contributed by atoms with Crippen molar-refractivity contribution < 1.29 is 28.5 Å². The molecule has 0 amide bonds. The van der Waals surface area contributed by atoms with Crippen LogP contribution in [0.3, 0.4) is 0 Å². The highest BCUT2D eigenvalue weighted by molar-refractivity contribution is 5.99. The molecular formula is C28H35NO6. The Balaban J connectivity index is 1.56. The summed E-state index contributed by atoms with van der Waals surface area (Å²) in [4.78, 5) is 28.2. The van der Waals surface area contributed by atoms with Crippen molar-refractivity contribution in [2.75, 3.05) is 35.0 Å². The summed E-state index contributed by atoms with van der Waals surface area (Å²) in [5.74, 6) is 1.77. The van der Waals surface area contributed by atoms with Gasteiger partial charge in [0.15, 0.2) is 11.5 Å². The summed E-state index contributed by atoms with van der Waals surface area (Å²) in [7, 11) is 5.83. The van der Waals surface area contributed by atoms with Gasteiger partial charge in [-0.05, 0) is 67.8 Å². The van der Waals surface area contributed by atoms with Crippen LogP contribution in [-0.2, 0) is 19.1 Å². The van der Waals surface area contributed by atoms with Gasteiger partial charge in [0.25, 0.3) is 0 Å². The van der Waals surface area contributed by atoms with Crippen molar-refractivity contribution in [1.29, 1.82) is 0 Å². The van der Waals surface area contributed by atoms with E-state index in [-0.39, 0.29) is 5.41 Å². The van der Waals surface area contributed by atoms with Crippen LogP contribution < -0.4 is 9.47 Å². The van der Waals surface area contributed by atoms with Gasteiger partial charge >= 0.3 is 11.9 Å². The molecule has 6 rings (SSSR count). The van der Waals surface area contributed by atoms with E-state index in [1.807, 2.05) is 29.4 Å². The van der Waals surface area contributed by atoms with Gasteiger partial charge in [-0.1, -0.05) is 12.1 Å². The predicted octanol–water partition coefficient (Wildman–Crippen LogP) is 4.43. The highest BCUT2D eigenvalue weighted by Crippen LogP contribution is 2.60. The average molecular weight is 482 g/mol. The van der Waals surface area contributed by atoms with Crippen molar-refractivity contribution in [2.24, 2.45) is 23.2 Å². The number of carbonyl (C=O) groups is 2. The number of nitrogens with zero attached hydrogens (tertiary/aromatic N) is 1. The first-order valence-electron chi connectivity index (χ1n) is 12.5. The zero-order chi connectivity index (χ0) is 24.7. The summed E-state index contributed by atoms with van der Waals surface area (Å²) in [5.41, 5.74) is 1.64. The van der Waals surface area contributed by atoms with Gasteiger partial charge in [0.2, 0.25) is 0 Å². The monoisotopic (exact) mass is 481 g/mol. The van der Waals surface area contributed by atoms with Gasteiger partial charge in [-0.15, -0.1) is 0 Å². The van der Waals surface area contributed by atoms with Crippen molar-refractivity contribution in [3.63, 3.8) is 0 Å². The lowest BCUT2D eigenvalue weighted by Gasteiger charge is -2.57. The summed E-state index contributed by atoms with van der Waals surface area (Å²) >= 11 is 0. The van der Waals surface area contributed by atoms with Gasteiger partial charge in [-0.3, -0.25) is 0 Å². The Hall–Kier alpha value is -2.96. The van der Waals surface area contributed by atoms with E-state index >= 15 is 0 Å². The van der Waals surface area contributed by atoms with E-state index in [4.69, 9.17) is 18.9 Å². The molecule has 4 saturated carbocycles. The molecule has 0 N–H and O–H groups in total. The Morgan fingerprint density at radius 3 is 1.86 bits per heavy atom. The molecule has 0 saturated heterocycles. The van der Waals surface area contributed by atoms with Crippen molar-refractivity contribution in [1.82, 2.24) is 4.90 Å². The second kappa shape index (κ2) is 9.25. The minimum atomic E-state index is -0.701. The Labute approximate surface area is 207 Å². The van der Waals surface area contributed by atoms with Crippen LogP contribution in [0.2, 0.25) is 0 Å². The number of carbonyl (C=O) groups excluding carboxylic acids is 2. The average Bonchev–Trinajstić information content (AvgIpc) is 2.85. The van der Waals surface area contributed by atoms with Crippen LogP contribution in [-0.4, -0.2) is 51.8 Å². The molecule has 0 atom stereocenters. The van der Waals surface area contributed by atoms with Crippen LogP contribution in [0.25, 0.3) is 0 Å². The highest BCUT2D eigenvalue weighted by atomic mass is 16.5. The van der Waals surface area contributed by atoms with E-state index in [0.29, 0.717) is 28.2 Å². The summed E-state index contributed by atoms with van der Waals surface area (Å²) < 4.78 is 21.5. The third-order valence-corrected chi connectivity index (χ3v) is 8.50. The maximum Gasteiger partial charge on any atom is 0.336 e. The molecule has 1 aromatic carbocycles. The summed E-state index contributed by atoms with van der Waals surface area (Å²) in [5, 5.41) is 0. The molecule has 7 nitrogen and oxygen atoms in total. The van der Waals surface area contributed by atoms with Crippen molar-refractivity contribution >= 4 is 11.9 Å². The third kappa shape index (κ3) is 4.19. The number of esters is 2. The molecular weight excluding hydrogens is 446 g/mol. The molecule has 1 aromatic rings. The molecule has 0 spiro atoms. The standard InChI is InChI=1S/C28H35NO6/c1-32-23-7-5-6-20(25(23)33-2)24-21(26(30)34-3)14-29(15-22(24)27(31)35-4)16-28-11-17-8-18(12-28)10-19(9-17)13-28/h5-7,14-15,17-19,24H,8-13,16H2,1-4H3. The van der Waals surface area contributed by atoms with E-state index in [9.17, 15) is 9.59 Å². The fourth-order valence-corrected chi connectivity index (χ4v) is 7.72. The Bertz CT molecular complexity index is 1000. The molecule has 5 aliphatic rings. The maximum atomic E-state index is 13.1. The molecule has 0 radical (unpaired) electrons. The van der Waals surface area contributed by atoms with Gasteiger partial charge in [-0.25, -0.2) is 9.59 Å². The number of para-hydroxylation sites is 1. The molecule has 1 aliphatic heterocycles. The van der Waals surface area contributed by atoms with Crippen LogP contribution in [0.4, 0.5) is 0 Å². The minimum absolute atomic E-state index is 0.227. The Morgan fingerprint density at radius 1 is 0.857 bits per heavy atom. The fourth-order valence-electron chi connectivity index (χ4n) is 7.72. The van der Waals surface area contributed by atoms with E-state index in [1.54, 1.807) is 20.3 Å². The number of hydrogen-bond acceptors (Lipinski definition) is 7. The van der Waals surface area contributed by atoms with Crippen molar-refractivity contribution in [2.45, 2.75) is 44.4 Å². The smallest absolute Gasteiger partial charge is 0.336 e. The highest BCUT2D eigenvalue weighted by Gasteiger charge is 2.51. The quantitative estimate of drug-likeness (QED) is 0.533. The number of hydrogen-bond donors (Lipinski definition) is 0. The van der Waals surface area contributed by atoms with Crippen molar-refractivity contribution in [3.8, 4) is 11.5 Å². The first-order valence-corrected chi connectivity index (χ1v) is 12.5. The Morgan fingerprint density at radius 2 is 1.40 bits per heavy atom. The van der Waals surface area contributed by atoms with Crippen LogP contribution in [0.15, 0.2) is 41.7 Å². The van der Waals surface area contributed by atoms with E-state index in [0.717, 1.165) is 24.3 Å². The van der Waals surface area contributed by atoms with E-state index < -0.39 is 17.9 Å².